The van der Waals surface area contributed by atoms with Crippen molar-refractivity contribution in [2.75, 3.05) is 19.8 Å². The number of rotatable bonds is 6. The molecule has 1 heterocycles. The first-order chi connectivity index (χ1) is 7.74. The number of carbonyl (C=O) groups excluding carboxylic acids is 1. The van der Waals surface area contributed by atoms with Gasteiger partial charge in [-0.15, -0.1) is 0 Å². The second-order valence-corrected chi connectivity index (χ2v) is 4.23. The Kier molecular flexibility index (Phi) is 5.77. The number of aliphatic hydroxyl groups excluding tert-OH is 1. The standard InChI is InChI=1S/C12H23NO3/c1-3-10(4-2)13(7-8-14)12(15)11-6-5-9-16-11/h10-11,14H,3-9H2,1-2H3. The van der Waals surface area contributed by atoms with Crippen LogP contribution in [0.25, 0.3) is 0 Å². The van der Waals surface area contributed by atoms with E-state index in [9.17, 15) is 4.79 Å². The Morgan fingerprint density at radius 2 is 2.19 bits per heavy atom. The monoisotopic (exact) mass is 229 g/mol. The predicted octanol–water partition coefficient (Wildman–Crippen LogP) is 1.17. The molecule has 1 unspecified atom stereocenters. The van der Waals surface area contributed by atoms with Crippen LogP contribution in [0.15, 0.2) is 0 Å². The summed E-state index contributed by atoms with van der Waals surface area (Å²) in [6, 6.07) is 0.226. The fourth-order valence-electron chi connectivity index (χ4n) is 2.27. The summed E-state index contributed by atoms with van der Waals surface area (Å²) in [5.74, 6) is 0.0558. The van der Waals surface area contributed by atoms with Crippen molar-refractivity contribution in [1.82, 2.24) is 4.90 Å². The largest absolute Gasteiger partial charge is 0.395 e. The Balaban J connectivity index is 2.63. The van der Waals surface area contributed by atoms with Crippen molar-refractivity contribution in [3.8, 4) is 0 Å². The lowest BCUT2D eigenvalue weighted by Gasteiger charge is -2.31. The third-order valence-corrected chi connectivity index (χ3v) is 3.21. The van der Waals surface area contributed by atoms with E-state index in [1.165, 1.54) is 0 Å². The van der Waals surface area contributed by atoms with Crippen LogP contribution in [0, 0.1) is 0 Å². The van der Waals surface area contributed by atoms with Gasteiger partial charge in [-0.1, -0.05) is 13.8 Å². The normalized spacial score (nSPS) is 20.4. The van der Waals surface area contributed by atoms with Crippen LogP contribution in [-0.2, 0) is 9.53 Å². The molecule has 4 heteroatoms. The van der Waals surface area contributed by atoms with Crippen LogP contribution < -0.4 is 0 Å². The molecular weight excluding hydrogens is 206 g/mol. The van der Waals surface area contributed by atoms with Crippen LogP contribution in [0.2, 0.25) is 0 Å². The molecule has 0 aliphatic carbocycles. The van der Waals surface area contributed by atoms with Gasteiger partial charge in [0.15, 0.2) is 0 Å². The minimum absolute atomic E-state index is 0.0228. The van der Waals surface area contributed by atoms with Crippen molar-refractivity contribution in [1.29, 1.82) is 0 Å². The second-order valence-electron chi connectivity index (χ2n) is 4.23. The smallest absolute Gasteiger partial charge is 0.252 e. The van der Waals surface area contributed by atoms with Gasteiger partial charge in [0.25, 0.3) is 5.91 Å². The summed E-state index contributed by atoms with van der Waals surface area (Å²) in [4.78, 5) is 14.0. The fourth-order valence-corrected chi connectivity index (χ4v) is 2.27. The molecule has 4 nitrogen and oxygen atoms in total. The number of amides is 1. The highest BCUT2D eigenvalue weighted by Gasteiger charge is 2.30. The third-order valence-electron chi connectivity index (χ3n) is 3.21. The van der Waals surface area contributed by atoms with Crippen molar-refractivity contribution >= 4 is 5.91 Å². The highest BCUT2D eigenvalue weighted by Crippen LogP contribution is 2.18. The molecule has 1 saturated heterocycles. The highest BCUT2D eigenvalue weighted by atomic mass is 16.5. The number of ether oxygens (including phenoxy) is 1. The number of nitrogens with zero attached hydrogens (tertiary/aromatic N) is 1. The second kappa shape index (κ2) is 6.86. The quantitative estimate of drug-likeness (QED) is 0.744. The van der Waals surface area contributed by atoms with Gasteiger partial charge in [0.2, 0.25) is 0 Å². The van der Waals surface area contributed by atoms with E-state index < -0.39 is 0 Å². The molecule has 1 atom stereocenters. The minimum atomic E-state index is -0.271. The molecule has 1 amide bonds. The van der Waals surface area contributed by atoms with Gasteiger partial charge in [-0.2, -0.15) is 0 Å². The number of aliphatic hydroxyl groups is 1. The Hall–Kier alpha value is -0.610. The molecule has 1 rings (SSSR count). The number of hydrogen-bond acceptors (Lipinski definition) is 3. The predicted molar refractivity (Wildman–Crippen MR) is 62.1 cm³/mol. The van der Waals surface area contributed by atoms with E-state index in [4.69, 9.17) is 9.84 Å². The topological polar surface area (TPSA) is 49.8 Å². The Labute approximate surface area is 97.6 Å². The van der Waals surface area contributed by atoms with Gasteiger partial charge >= 0.3 is 0 Å². The molecule has 94 valence electrons. The van der Waals surface area contributed by atoms with Crippen LogP contribution in [-0.4, -0.2) is 47.8 Å². The van der Waals surface area contributed by atoms with Gasteiger partial charge in [-0.05, 0) is 25.7 Å². The van der Waals surface area contributed by atoms with Gasteiger partial charge in [-0.25, -0.2) is 0 Å². The van der Waals surface area contributed by atoms with E-state index in [0.717, 1.165) is 25.7 Å². The molecule has 1 fully saturated rings. The summed E-state index contributed by atoms with van der Waals surface area (Å²) in [5.41, 5.74) is 0. The van der Waals surface area contributed by atoms with Crippen LogP contribution in [0.4, 0.5) is 0 Å². The Morgan fingerprint density at radius 3 is 2.62 bits per heavy atom. The van der Waals surface area contributed by atoms with E-state index in [2.05, 4.69) is 13.8 Å². The van der Waals surface area contributed by atoms with Gasteiger partial charge in [-0.3, -0.25) is 4.79 Å². The molecule has 1 aliphatic rings. The molecule has 0 aromatic heterocycles. The molecule has 0 radical (unpaired) electrons. The first-order valence-corrected chi connectivity index (χ1v) is 6.27. The first kappa shape index (κ1) is 13.5. The highest BCUT2D eigenvalue weighted by molar-refractivity contribution is 5.81. The van der Waals surface area contributed by atoms with Gasteiger partial charge in [0.1, 0.15) is 6.10 Å². The lowest BCUT2D eigenvalue weighted by Crippen LogP contribution is -2.46. The summed E-state index contributed by atoms with van der Waals surface area (Å²) >= 11 is 0. The zero-order chi connectivity index (χ0) is 12.0. The average molecular weight is 229 g/mol. The summed E-state index contributed by atoms with van der Waals surface area (Å²) in [6.07, 6.45) is 3.36. The van der Waals surface area contributed by atoms with E-state index in [1.807, 2.05) is 0 Å². The van der Waals surface area contributed by atoms with Crippen LogP contribution >= 0.6 is 0 Å². The summed E-state index contributed by atoms with van der Waals surface area (Å²) in [5, 5.41) is 9.03. The SMILES string of the molecule is CCC(CC)N(CCO)C(=O)C1CCCO1. The molecule has 0 saturated carbocycles. The van der Waals surface area contributed by atoms with Crippen LogP contribution in [0.1, 0.15) is 39.5 Å². The van der Waals surface area contributed by atoms with Gasteiger partial charge < -0.3 is 14.7 Å². The fraction of sp³-hybridized carbons (Fsp3) is 0.917. The maximum absolute atomic E-state index is 12.2. The number of carbonyl (C=O) groups is 1. The lowest BCUT2D eigenvalue weighted by atomic mass is 10.1. The van der Waals surface area contributed by atoms with Gasteiger partial charge in [0.05, 0.1) is 6.61 Å². The summed E-state index contributed by atoms with van der Waals surface area (Å²) in [7, 11) is 0. The molecular formula is C12H23NO3. The zero-order valence-corrected chi connectivity index (χ0v) is 10.3. The molecule has 0 spiro atoms. The zero-order valence-electron chi connectivity index (χ0n) is 10.3. The van der Waals surface area contributed by atoms with E-state index in [1.54, 1.807) is 4.90 Å². The molecule has 0 aromatic carbocycles. The minimum Gasteiger partial charge on any atom is -0.395 e. The van der Waals surface area contributed by atoms with Crippen molar-refractivity contribution in [3.05, 3.63) is 0 Å². The number of hydrogen-bond donors (Lipinski definition) is 1. The summed E-state index contributed by atoms with van der Waals surface area (Å²) < 4.78 is 5.41. The first-order valence-electron chi connectivity index (χ1n) is 6.27. The van der Waals surface area contributed by atoms with Crippen LogP contribution in [0.3, 0.4) is 0 Å². The van der Waals surface area contributed by atoms with Crippen molar-refractivity contribution in [3.63, 3.8) is 0 Å². The maximum Gasteiger partial charge on any atom is 0.252 e. The lowest BCUT2D eigenvalue weighted by molar-refractivity contribution is -0.144. The average Bonchev–Trinajstić information content (AvgIpc) is 2.82. The molecule has 0 aromatic rings. The van der Waals surface area contributed by atoms with Crippen molar-refractivity contribution in [2.24, 2.45) is 0 Å². The Bertz CT molecular complexity index is 210. The molecule has 16 heavy (non-hydrogen) atoms. The van der Waals surface area contributed by atoms with Crippen molar-refractivity contribution < 1.29 is 14.6 Å². The van der Waals surface area contributed by atoms with Gasteiger partial charge in [0, 0.05) is 19.2 Å². The summed E-state index contributed by atoms with van der Waals surface area (Å²) in [6.45, 7) is 5.27. The molecule has 1 N–H and O–H groups in total. The van der Waals surface area contributed by atoms with Crippen molar-refractivity contribution in [2.45, 2.75) is 51.7 Å². The maximum atomic E-state index is 12.2. The molecule has 1 aliphatic heterocycles. The third kappa shape index (κ3) is 3.19. The van der Waals surface area contributed by atoms with E-state index in [0.29, 0.717) is 13.2 Å². The molecule has 0 bridgehead atoms. The Morgan fingerprint density at radius 1 is 1.50 bits per heavy atom. The van der Waals surface area contributed by atoms with Crippen LogP contribution in [0.5, 0.6) is 0 Å². The van der Waals surface area contributed by atoms with E-state index in [-0.39, 0.29) is 24.7 Å². The van der Waals surface area contributed by atoms with E-state index >= 15 is 0 Å².